The van der Waals surface area contributed by atoms with Gasteiger partial charge in [-0.05, 0) is 25.2 Å². The molecule has 0 aromatic rings. The van der Waals surface area contributed by atoms with Crippen molar-refractivity contribution in [2.24, 2.45) is 11.3 Å². The molecule has 104 valence electrons. The number of carbonyl (C=O) groups excluding carboxylic acids is 2. The summed E-state index contributed by atoms with van der Waals surface area (Å²) in [4.78, 5) is 22.9. The van der Waals surface area contributed by atoms with E-state index in [-0.39, 0.29) is 30.4 Å². The topological polar surface area (TPSA) is 78.4 Å². The second-order valence-corrected chi connectivity index (χ2v) is 5.64. The summed E-state index contributed by atoms with van der Waals surface area (Å²) in [5.41, 5.74) is -0.0860. The third kappa shape index (κ3) is 5.49. The summed E-state index contributed by atoms with van der Waals surface area (Å²) in [5, 5.41) is 14.4. The van der Waals surface area contributed by atoms with Crippen molar-refractivity contribution in [3.8, 4) is 0 Å². The van der Waals surface area contributed by atoms with E-state index in [1.165, 1.54) is 0 Å². The van der Waals surface area contributed by atoms with E-state index in [0.29, 0.717) is 18.9 Å². The molecule has 0 bridgehead atoms. The lowest BCUT2D eigenvalue weighted by Gasteiger charge is -2.13. The van der Waals surface area contributed by atoms with E-state index >= 15 is 0 Å². The molecule has 0 aromatic carbocycles. The average Bonchev–Trinajstić information content (AvgIpc) is 3.12. The molecule has 1 aliphatic carbocycles. The number of amides is 2. The van der Waals surface area contributed by atoms with E-state index in [9.17, 15) is 9.59 Å². The summed E-state index contributed by atoms with van der Waals surface area (Å²) < 4.78 is 0. The van der Waals surface area contributed by atoms with Crippen molar-refractivity contribution in [1.82, 2.24) is 10.6 Å². The van der Waals surface area contributed by atoms with Gasteiger partial charge in [-0.1, -0.05) is 13.8 Å². The van der Waals surface area contributed by atoms with Crippen LogP contribution in [0, 0.1) is 11.3 Å². The van der Waals surface area contributed by atoms with Gasteiger partial charge in [-0.2, -0.15) is 0 Å². The van der Waals surface area contributed by atoms with E-state index in [0.717, 1.165) is 19.3 Å². The van der Waals surface area contributed by atoms with E-state index in [4.69, 9.17) is 5.11 Å². The highest BCUT2D eigenvalue weighted by atomic mass is 16.3. The first kappa shape index (κ1) is 15.0. The zero-order chi connectivity index (χ0) is 13.6. The lowest BCUT2D eigenvalue weighted by molar-refractivity contribution is -0.126. The standard InChI is InChI=1S/C13H24N2O3/c1-10(2)3-4-11(17)14-7-12(18)15-8-13(9-16)5-6-13/h10,16H,3-9H2,1-2H3,(H,14,17)(H,15,18). The number of aliphatic hydroxyl groups is 1. The number of hydrogen-bond donors (Lipinski definition) is 3. The van der Waals surface area contributed by atoms with Gasteiger partial charge in [-0.3, -0.25) is 9.59 Å². The van der Waals surface area contributed by atoms with Crippen molar-refractivity contribution in [3.05, 3.63) is 0 Å². The highest BCUT2D eigenvalue weighted by Gasteiger charge is 2.41. The van der Waals surface area contributed by atoms with Crippen molar-refractivity contribution in [1.29, 1.82) is 0 Å². The Morgan fingerprint density at radius 3 is 2.39 bits per heavy atom. The zero-order valence-electron chi connectivity index (χ0n) is 11.3. The van der Waals surface area contributed by atoms with Crippen LogP contribution < -0.4 is 10.6 Å². The van der Waals surface area contributed by atoms with E-state index in [1.54, 1.807) is 0 Å². The quantitative estimate of drug-likeness (QED) is 0.589. The van der Waals surface area contributed by atoms with E-state index in [1.807, 2.05) is 0 Å². The van der Waals surface area contributed by atoms with Gasteiger partial charge >= 0.3 is 0 Å². The highest BCUT2D eigenvalue weighted by Crippen LogP contribution is 2.44. The van der Waals surface area contributed by atoms with Gasteiger partial charge in [-0.25, -0.2) is 0 Å². The summed E-state index contributed by atoms with van der Waals surface area (Å²) in [6, 6.07) is 0. The molecule has 1 saturated carbocycles. The summed E-state index contributed by atoms with van der Waals surface area (Å²) in [5.74, 6) is 0.221. The molecule has 0 atom stereocenters. The smallest absolute Gasteiger partial charge is 0.239 e. The summed E-state index contributed by atoms with van der Waals surface area (Å²) in [7, 11) is 0. The van der Waals surface area contributed by atoms with Crippen molar-refractivity contribution >= 4 is 11.8 Å². The molecule has 18 heavy (non-hydrogen) atoms. The van der Waals surface area contributed by atoms with Gasteiger partial charge in [0.25, 0.3) is 0 Å². The fourth-order valence-corrected chi connectivity index (χ4v) is 1.60. The Balaban J connectivity index is 2.07. The molecule has 0 unspecified atom stereocenters. The predicted molar refractivity (Wildman–Crippen MR) is 68.8 cm³/mol. The van der Waals surface area contributed by atoms with Gasteiger partial charge in [-0.15, -0.1) is 0 Å². The molecule has 3 N–H and O–H groups in total. The van der Waals surface area contributed by atoms with Crippen molar-refractivity contribution < 1.29 is 14.7 Å². The molecular formula is C13H24N2O3. The van der Waals surface area contributed by atoms with Gasteiger partial charge < -0.3 is 15.7 Å². The van der Waals surface area contributed by atoms with Crippen LogP contribution in [-0.4, -0.2) is 36.6 Å². The molecular weight excluding hydrogens is 232 g/mol. The van der Waals surface area contributed by atoms with Gasteiger partial charge in [0.15, 0.2) is 0 Å². The Morgan fingerprint density at radius 2 is 1.89 bits per heavy atom. The lowest BCUT2D eigenvalue weighted by Crippen LogP contribution is -2.39. The monoisotopic (exact) mass is 256 g/mol. The zero-order valence-corrected chi connectivity index (χ0v) is 11.3. The first-order valence-electron chi connectivity index (χ1n) is 6.62. The fraction of sp³-hybridized carbons (Fsp3) is 0.846. The first-order valence-corrected chi connectivity index (χ1v) is 6.62. The Hall–Kier alpha value is -1.10. The second kappa shape index (κ2) is 6.73. The molecule has 0 radical (unpaired) electrons. The second-order valence-electron chi connectivity index (χ2n) is 5.64. The molecule has 0 spiro atoms. The third-order valence-corrected chi connectivity index (χ3v) is 3.35. The normalized spacial score (nSPS) is 16.4. The largest absolute Gasteiger partial charge is 0.396 e. The van der Waals surface area contributed by atoms with Gasteiger partial charge in [0.05, 0.1) is 13.2 Å². The number of carbonyl (C=O) groups is 2. The van der Waals surface area contributed by atoms with Crippen LogP contribution in [0.2, 0.25) is 0 Å². The molecule has 0 saturated heterocycles. The van der Waals surface area contributed by atoms with Crippen molar-refractivity contribution in [2.75, 3.05) is 19.7 Å². The lowest BCUT2D eigenvalue weighted by atomic mass is 10.1. The minimum atomic E-state index is -0.187. The molecule has 1 rings (SSSR count). The number of aliphatic hydroxyl groups excluding tert-OH is 1. The van der Waals surface area contributed by atoms with E-state index < -0.39 is 0 Å². The molecule has 0 aliphatic heterocycles. The van der Waals surface area contributed by atoms with Gasteiger partial charge in [0, 0.05) is 18.4 Å². The van der Waals surface area contributed by atoms with Crippen molar-refractivity contribution in [3.63, 3.8) is 0 Å². The molecule has 5 nitrogen and oxygen atoms in total. The molecule has 0 heterocycles. The van der Waals surface area contributed by atoms with Crippen LogP contribution in [0.25, 0.3) is 0 Å². The predicted octanol–water partition coefficient (Wildman–Crippen LogP) is 0.428. The van der Waals surface area contributed by atoms with Crippen LogP contribution in [0.5, 0.6) is 0 Å². The van der Waals surface area contributed by atoms with Crippen LogP contribution in [0.1, 0.15) is 39.5 Å². The van der Waals surface area contributed by atoms with Gasteiger partial charge in [0.2, 0.25) is 11.8 Å². The van der Waals surface area contributed by atoms with Crippen LogP contribution in [-0.2, 0) is 9.59 Å². The third-order valence-electron chi connectivity index (χ3n) is 3.35. The minimum absolute atomic E-state index is 0.0262. The van der Waals surface area contributed by atoms with Crippen LogP contribution in [0.3, 0.4) is 0 Å². The number of rotatable bonds is 8. The molecule has 0 aromatic heterocycles. The Bertz CT molecular complexity index is 299. The number of hydrogen-bond acceptors (Lipinski definition) is 3. The van der Waals surface area contributed by atoms with Crippen molar-refractivity contribution in [2.45, 2.75) is 39.5 Å². The Kier molecular flexibility index (Phi) is 5.59. The Labute approximate surface area is 108 Å². The number of nitrogens with one attached hydrogen (secondary N) is 2. The maximum absolute atomic E-state index is 11.5. The average molecular weight is 256 g/mol. The van der Waals surface area contributed by atoms with Gasteiger partial charge in [0.1, 0.15) is 0 Å². The maximum atomic E-state index is 11.5. The van der Waals surface area contributed by atoms with Crippen LogP contribution >= 0.6 is 0 Å². The Morgan fingerprint density at radius 1 is 1.22 bits per heavy atom. The maximum Gasteiger partial charge on any atom is 0.239 e. The molecule has 5 heteroatoms. The fourth-order valence-electron chi connectivity index (χ4n) is 1.60. The highest BCUT2D eigenvalue weighted by molar-refractivity contribution is 5.84. The minimum Gasteiger partial charge on any atom is -0.396 e. The molecule has 1 fully saturated rings. The summed E-state index contributed by atoms with van der Waals surface area (Å²) in [6.45, 7) is 4.77. The summed E-state index contributed by atoms with van der Waals surface area (Å²) in [6.07, 6.45) is 3.22. The first-order chi connectivity index (χ1) is 8.47. The van der Waals surface area contributed by atoms with Crippen LogP contribution in [0.15, 0.2) is 0 Å². The summed E-state index contributed by atoms with van der Waals surface area (Å²) >= 11 is 0. The van der Waals surface area contributed by atoms with Crippen LogP contribution in [0.4, 0.5) is 0 Å². The molecule has 1 aliphatic rings. The molecule has 2 amide bonds. The van der Waals surface area contributed by atoms with E-state index in [2.05, 4.69) is 24.5 Å². The SMILES string of the molecule is CC(C)CCC(=O)NCC(=O)NCC1(CO)CC1.